The van der Waals surface area contributed by atoms with Crippen LogP contribution in [0.3, 0.4) is 0 Å². The summed E-state index contributed by atoms with van der Waals surface area (Å²) in [4.78, 5) is 12.7. The fourth-order valence-corrected chi connectivity index (χ4v) is 2.19. The van der Waals surface area contributed by atoms with Crippen LogP contribution in [0.2, 0.25) is 0 Å². The SMILES string of the molecule is CCc1ccccc1C(=O)c1cc(C)ccc1OC. The van der Waals surface area contributed by atoms with Crippen LogP contribution in [0.25, 0.3) is 0 Å². The molecule has 0 heterocycles. The average molecular weight is 254 g/mol. The second-order valence-corrected chi connectivity index (χ2v) is 4.54. The summed E-state index contributed by atoms with van der Waals surface area (Å²) in [6.07, 6.45) is 0.843. The topological polar surface area (TPSA) is 26.3 Å². The normalized spacial score (nSPS) is 10.3. The molecule has 19 heavy (non-hydrogen) atoms. The molecule has 0 radical (unpaired) electrons. The first-order valence-electron chi connectivity index (χ1n) is 6.44. The number of ketones is 1. The van der Waals surface area contributed by atoms with Gasteiger partial charge in [-0.3, -0.25) is 4.79 Å². The number of aryl methyl sites for hydroxylation is 2. The van der Waals surface area contributed by atoms with E-state index in [0.717, 1.165) is 23.1 Å². The van der Waals surface area contributed by atoms with Crippen LogP contribution in [0.5, 0.6) is 5.75 Å². The van der Waals surface area contributed by atoms with Gasteiger partial charge in [-0.1, -0.05) is 42.8 Å². The number of hydrogen-bond acceptors (Lipinski definition) is 2. The third-order valence-corrected chi connectivity index (χ3v) is 3.24. The summed E-state index contributed by atoms with van der Waals surface area (Å²) in [5.41, 5.74) is 3.51. The van der Waals surface area contributed by atoms with E-state index in [1.807, 2.05) is 49.4 Å². The Hall–Kier alpha value is -2.09. The van der Waals surface area contributed by atoms with Crippen molar-refractivity contribution in [1.82, 2.24) is 0 Å². The first-order valence-corrected chi connectivity index (χ1v) is 6.44. The molecule has 2 aromatic rings. The molecule has 0 saturated heterocycles. The van der Waals surface area contributed by atoms with Crippen molar-refractivity contribution >= 4 is 5.78 Å². The molecule has 0 atom stereocenters. The van der Waals surface area contributed by atoms with Crippen LogP contribution in [0.15, 0.2) is 42.5 Å². The lowest BCUT2D eigenvalue weighted by atomic mass is 9.95. The van der Waals surface area contributed by atoms with E-state index in [4.69, 9.17) is 4.74 Å². The van der Waals surface area contributed by atoms with Crippen molar-refractivity contribution in [2.45, 2.75) is 20.3 Å². The molecule has 0 unspecified atom stereocenters. The molecule has 0 N–H and O–H groups in total. The summed E-state index contributed by atoms with van der Waals surface area (Å²) in [6, 6.07) is 13.4. The summed E-state index contributed by atoms with van der Waals surface area (Å²) >= 11 is 0. The van der Waals surface area contributed by atoms with Gasteiger partial charge >= 0.3 is 0 Å². The Kier molecular flexibility index (Phi) is 4.00. The molecule has 0 amide bonds. The monoisotopic (exact) mass is 254 g/mol. The highest BCUT2D eigenvalue weighted by molar-refractivity contribution is 6.11. The highest BCUT2D eigenvalue weighted by Gasteiger charge is 2.16. The van der Waals surface area contributed by atoms with Crippen molar-refractivity contribution in [2.75, 3.05) is 7.11 Å². The smallest absolute Gasteiger partial charge is 0.197 e. The second-order valence-electron chi connectivity index (χ2n) is 4.54. The predicted octanol–water partition coefficient (Wildman–Crippen LogP) is 3.80. The van der Waals surface area contributed by atoms with Crippen LogP contribution in [-0.4, -0.2) is 12.9 Å². The largest absolute Gasteiger partial charge is 0.496 e. The quantitative estimate of drug-likeness (QED) is 0.776. The molecule has 0 aromatic heterocycles. The molecule has 98 valence electrons. The number of ether oxygens (including phenoxy) is 1. The lowest BCUT2D eigenvalue weighted by Crippen LogP contribution is -2.07. The van der Waals surface area contributed by atoms with Gasteiger partial charge < -0.3 is 4.74 Å². The van der Waals surface area contributed by atoms with E-state index in [2.05, 4.69) is 6.92 Å². The van der Waals surface area contributed by atoms with Crippen LogP contribution >= 0.6 is 0 Å². The van der Waals surface area contributed by atoms with E-state index in [-0.39, 0.29) is 5.78 Å². The van der Waals surface area contributed by atoms with E-state index < -0.39 is 0 Å². The van der Waals surface area contributed by atoms with Crippen LogP contribution in [-0.2, 0) is 6.42 Å². The molecule has 0 aliphatic carbocycles. The number of hydrogen-bond donors (Lipinski definition) is 0. The van der Waals surface area contributed by atoms with Gasteiger partial charge in [-0.2, -0.15) is 0 Å². The molecule has 0 fully saturated rings. The van der Waals surface area contributed by atoms with Gasteiger partial charge in [0.05, 0.1) is 12.7 Å². The van der Waals surface area contributed by atoms with Crippen molar-refractivity contribution < 1.29 is 9.53 Å². The zero-order valence-electron chi connectivity index (χ0n) is 11.6. The van der Waals surface area contributed by atoms with Gasteiger partial charge in [0.15, 0.2) is 5.78 Å². The van der Waals surface area contributed by atoms with E-state index in [9.17, 15) is 4.79 Å². The van der Waals surface area contributed by atoms with Gasteiger partial charge in [0, 0.05) is 5.56 Å². The van der Waals surface area contributed by atoms with Crippen LogP contribution in [0, 0.1) is 6.92 Å². The number of carbonyl (C=O) groups excluding carboxylic acids is 1. The van der Waals surface area contributed by atoms with Crippen molar-refractivity contribution in [3.05, 3.63) is 64.7 Å². The third-order valence-electron chi connectivity index (χ3n) is 3.24. The lowest BCUT2D eigenvalue weighted by Gasteiger charge is -2.11. The zero-order valence-corrected chi connectivity index (χ0v) is 11.6. The Morgan fingerprint density at radius 1 is 1.11 bits per heavy atom. The molecule has 2 aromatic carbocycles. The second kappa shape index (κ2) is 5.70. The van der Waals surface area contributed by atoms with Crippen molar-refractivity contribution in [3.8, 4) is 5.75 Å². The Bertz CT molecular complexity index is 600. The van der Waals surface area contributed by atoms with Gasteiger partial charge in [0.1, 0.15) is 5.75 Å². The van der Waals surface area contributed by atoms with Crippen molar-refractivity contribution in [2.24, 2.45) is 0 Å². The van der Waals surface area contributed by atoms with Gasteiger partial charge in [0.25, 0.3) is 0 Å². The molecule has 0 aliphatic rings. The minimum atomic E-state index is 0.0259. The van der Waals surface area contributed by atoms with Gasteiger partial charge in [0.2, 0.25) is 0 Å². The van der Waals surface area contributed by atoms with Crippen LogP contribution < -0.4 is 4.74 Å². The minimum absolute atomic E-state index is 0.0259. The maximum atomic E-state index is 12.7. The lowest BCUT2D eigenvalue weighted by molar-refractivity contribution is 0.103. The molecule has 0 bridgehead atoms. The standard InChI is InChI=1S/C17H18O2/c1-4-13-7-5-6-8-14(13)17(18)15-11-12(2)9-10-16(15)19-3/h5-11H,4H2,1-3H3. The number of rotatable bonds is 4. The summed E-state index contributed by atoms with van der Waals surface area (Å²) in [7, 11) is 1.59. The minimum Gasteiger partial charge on any atom is -0.496 e. The van der Waals surface area contributed by atoms with Crippen molar-refractivity contribution in [1.29, 1.82) is 0 Å². The third kappa shape index (κ3) is 2.68. The Balaban J connectivity index is 2.52. The highest BCUT2D eigenvalue weighted by Crippen LogP contribution is 2.24. The van der Waals surface area contributed by atoms with E-state index in [1.165, 1.54) is 0 Å². The van der Waals surface area contributed by atoms with E-state index in [1.54, 1.807) is 7.11 Å². The fraction of sp³-hybridized carbons (Fsp3) is 0.235. The van der Waals surface area contributed by atoms with Gasteiger partial charge in [-0.25, -0.2) is 0 Å². The summed E-state index contributed by atoms with van der Waals surface area (Å²) < 4.78 is 5.30. The average Bonchev–Trinajstić information content (AvgIpc) is 2.46. The number of benzene rings is 2. The molecule has 0 aliphatic heterocycles. The summed E-state index contributed by atoms with van der Waals surface area (Å²) in [5.74, 6) is 0.652. The molecule has 2 rings (SSSR count). The summed E-state index contributed by atoms with van der Waals surface area (Å²) in [6.45, 7) is 4.03. The first-order chi connectivity index (χ1) is 9.17. The molecule has 0 spiro atoms. The number of methoxy groups -OCH3 is 1. The van der Waals surface area contributed by atoms with Crippen molar-refractivity contribution in [3.63, 3.8) is 0 Å². The summed E-state index contributed by atoms with van der Waals surface area (Å²) in [5, 5.41) is 0. The Morgan fingerprint density at radius 2 is 1.84 bits per heavy atom. The molecule has 0 saturated carbocycles. The molecular weight excluding hydrogens is 236 g/mol. The van der Waals surface area contributed by atoms with Gasteiger partial charge in [-0.15, -0.1) is 0 Å². The Morgan fingerprint density at radius 3 is 2.53 bits per heavy atom. The van der Waals surface area contributed by atoms with Gasteiger partial charge in [-0.05, 0) is 31.0 Å². The number of carbonyl (C=O) groups is 1. The molecular formula is C17H18O2. The molecule has 2 nitrogen and oxygen atoms in total. The molecule has 2 heteroatoms. The zero-order chi connectivity index (χ0) is 13.8. The Labute approximate surface area is 114 Å². The predicted molar refractivity (Wildman–Crippen MR) is 77.0 cm³/mol. The first kappa shape index (κ1) is 13.3. The van der Waals surface area contributed by atoms with E-state index in [0.29, 0.717) is 11.3 Å². The van der Waals surface area contributed by atoms with E-state index >= 15 is 0 Å². The van der Waals surface area contributed by atoms with Crippen LogP contribution in [0.4, 0.5) is 0 Å². The maximum absolute atomic E-state index is 12.7. The highest BCUT2D eigenvalue weighted by atomic mass is 16.5. The maximum Gasteiger partial charge on any atom is 0.197 e. The fourth-order valence-electron chi connectivity index (χ4n) is 2.19. The van der Waals surface area contributed by atoms with Crippen LogP contribution in [0.1, 0.15) is 34.0 Å².